The molecule has 1 aromatic heterocycles. The number of pyridine rings is 1. The van der Waals surface area contributed by atoms with Crippen molar-refractivity contribution in [3.63, 3.8) is 0 Å². The summed E-state index contributed by atoms with van der Waals surface area (Å²) in [5.41, 5.74) is 1.23. The van der Waals surface area contributed by atoms with Gasteiger partial charge in [-0.05, 0) is 18.5 Å². The van der Waals surface area contributed by atoms with Crippen molar-refractivity contribution in [1.29, 1.82) is 0 Å². The highest BCUT2D eigenvalue weighted by Gasteiger charge is 2.19. The molecule has 0 aliphatic carbocycles. The van der Waals surface area contributed by atoms with Crippen LogP contribution in [0.4, 0.5) is 0 Å². The summed E-state index contributed by atoms with van der Waals surface area (Å²) in [6, 6.07) is 0. The fourth-order valence-electron chi connectivity index (χ4n) is 1.70. The molecule has 0 amide bonds. The smallest absolute Gasteiger partial charge is 0.337 e. The Morgan fingerprint density at radius 3 is 2.93 bits per heavy atom. The van der Waals surface area contributed by atoms with E-state index in [1.165, 1.54) is 6.20 Å². The predicted molar refractivity (Wildman–Crippen MR) is 49.4 cm³/mol. The fraction of sp³-hybridized carbons (Fsp3) is 0.333. The lowest BCUT2D eigenvalue weighted by Crippen LogP contribution is -2.31. The molecule has 14 heavy (non-hydrogen) atoms. The van der Waals surface area contributed by atoms with Crippen LogP contribution in [0.3, 0.4) is 0 Å². The number of hydrogen-bond acceptors (Lipinski definition) is 3. The topological polar surface area (TPSA) is 82.2 Å². The van der Waals surface area contributed by atoms with Gasteiger partial charge in [-0.2, -0.15) is 0 Å². The Balaban J connectivity index is 2.65. The second-order valence-electron chi connectivity index (χ2n) is 3.22. The highest BCUT2D eigenvalue weighted by molar-refractivity contribution is 5.89. The van der Waals surface area contributed by atoms with Gasteiger partial charge >= 0.3 is 5.97 Å². The summed E-state index contributed by atoms with van der Waals surface area (Å²) >= 11 is 0. The first-order valence-corrected chi connectivity index (χ1v) is 4.37. The minimum atomic E-state index is -0.987. The summed E-state index contributed by atoms with van der Waals surface area (Å²) in [5, 5.41) is 11.9. The molecule has 5 heteroatoms. The molecule has 74 valence electrons. The monoisotopic (exact) mass is 194 g/mol. The summed E-state index contributed by atoms with van der Waals surface area (Å²) in [7, 11) is 0. The number of nitrogens with one attached hydrogen (secondary N) is 2. The average Bonchev–Trinajstić information content (AvgIpc) is 2.18. The maximum Gasteiger partial charge on any atom is 0.337 e. The molecule has 3 N–H and O–H groups in total. The van der Waals surface area contributed by atoms with Gasteiger partial charge in [0.1, 0.15) is 0 Å². The van der Waals surface area contributed by atoms with Crippen molar-refractivity contribution in [1.82, 2.24) is 10.3 Å². The van der Waals surface area contributed by atoms with E-state index >= 15 is 0 Å². The van der Waals surface area contributed by atoms with Crippen molar-refractivity contribution in [3.05, 3.63) is 33.2 Å². The molecule has 2 rings (SSSR count). The van der Waals surface area contributed by atoms with Gasteiger partial charge in [0.25, 0.3) is 5.56 Å². The van der Waals surface area contributed by atoms with Gasteiger partial charge in [-0.15, -0.1) is 0 Å². The Bertz CT molecular complexity index is 436. The second-order valence-corrected chi connectivity index (χ2v) is 3.22. The number of aromatic amines is 1. The number of carboxylic acids is 1. The van der Waals surface area contributed by atoms with E-state index in [4.69, 9.17) is 5.11 Å². The van der Waals surface area contributed by atoms with Gasteiger partial charge in [0, 0.05) is 18.3 Å². The number of aromatic carboxylic acids is 1. The number of rotatable bonds is 1. The molecular weight excluding hydrogens is 184 g/mol. The lowest BCUT2D eigenvalue weighted by atomic mass is 9.98. The summed E-state index contributed by atoms with van der Waals surface area (Å²) in [5.74, 6) is -0.987. The van der Waals surface area contributed by atoms with Crippen molar-refractivity contribution < 1.29 is 9.90 Å². The van der Waals surface area contributed by atoms with E-state index in [0.29, 0.717) is 24.1 Å². The zero-order valence-corrected chi connectivity index (χ0v) is 7.46. The molecule has 0 unspecified atom stereocenters. The zero-order chi connectivity index (χ0) is 10.1. The Kier molecular flexibility index (Phi) is 2.09. The number of hydrogen-bond donors (Lipinski definition) is 3. The minimum absolute atomic E-state index is 0.197. The van der Waals surface area contributed by atoms with E-state index in [1.807, 2.05) is 0 Å². The molecule has 0 aromatic carbocycles. The fourth-order valence-corrected chi connectivity index (χ4v) is 1.70. The van der Waals surface area contributed by atoms with E-state index in [-0.39, 0.29) is 11.1 Å². The van der Waals surface area contributed by atoms with Crippen LogP contribution in [0, 0.1) is 0 Å². The summed E-state index contributed by atoms with van der Waals surface area (Å²) in [6.07, 6.45) is 1.87. The molecule has 0 atom stereocenters. The van der Waals surface area contributed by atoms with Gasteiger partial charge in [-0.3, -0.25) is 4.79 Å². The van der Waals surface area contributed by atoms with Crippen molar-refractivity contribution in [2.75, 3.05) is 6.54 Å². The van der Waals surface area contributed by atoms with Gasteiger partial charge in [-0.1, -0.05) is 0 Å². The summed E-state index contributed by atoms with van der Waals surface area (Å²) in [4.78, 5) is 24.6. The van der Waals surface area contributed by atoms with E-state index in [2.05, 4.69) is 10.3 Å². The first-order valence-electron chi connectivity index (χ1n) is 4.37. The average molecular weight is 194 g/mol. The van der Waals surface area contributed by atoms with Gasteiger partial charge in [-0.25, -0.2) is 4.79 Å². The first kappa shape index (κ1) is 8.96. The molecule has 0 bridgehead atoms. The highest BCUT2D eigenvalue weighted by atomic mass is 16.4. The van der Waals surface area contributed by atoms with Crippen LogP contribution in [-0.4, -0.2) is 22.6 Å². The number of carbonyl (C=O) groups is 1. The van der Waals surface area contributed by atoms with E-state index < -0.39 is 5.97 Å². The predicted octanol–water partition coefficient (Wildman–Crippen LogP) is -0.281. The van der Waals surface area contributed by atoms with Crippen molar-refractivity contribution >= 4 is 5.97 Å². The lowest BCUT2D eigenvalue weighted by molar-refractivity contribution is 0.0695. The molecule has 1 aliphatic rings. The third kappa shape index (κ3) is 1.31. The van der Waals surface area contributed by atoms with Crippen LogP contribution in [0.25, 0.3) is 0 Å². The molecule has 0 saturated carbocycles. The zero-order valence-electron chi connectivity index (χ0n) is 7.46. The van der Waals surface area contributed by atoms with Gasteiger partial charge in [0.15, 0.2) is 0 Å². The van der Waals surface area contributed by atoms with Gasteiger partial charge in [0.05, 0.1) is 5.56 Å². The second kappa shape index (κ2) is 3.26. The molecule has 1 aliphatic heterocycles. The Labute approximate surface area is 79.8 Å². The molecule has 5 nitrogen and oxygen atoms in total. The molecule has 0 saturated heterocycles. The number of fused-ring (bicyclic) bond motifs is 1. The van der Waals surface area contributed by atoms with Crippen LogP contribution in [0.5, 0.6) is 0 Å². The molecule has 0 spiro atoms. The van der Waals surface area contributed by atoms with Crippen LogP contribution in [0.2, 0.25) is 0 Å². The van der Waals surface area contributed by atoms with Crippen LogP contribution in [0.1, 0.15) is 21.5 Å². The van der Waals surface area contributed by atoms with Crippen LogP contribution < -0.4 is 10.9 Å². The quantitative estimate of drug-likeness (QED) is 0.574. The number of carboxylic acid groups (broad SMARTS) is 1. The molecule has 2 heterocycles. The molecule has 0 radical (unpaired) electrons. The minimum Gasteiger partial charge on any atom is -0.478 e. The SMILES string of the molecule is O=C(O)c1c[nH]c(=O)c2c1CCNC2. The molecular formula is C9H10N2O3. The third-order valence-electron chi connectivity index (χ3n) is 2.40. The summed E-state index contributed by atoms with van der Waals surface area (Å²) < 4.78 is 0. The summed E-state index contributed by atoms with van der Waals surface area (Å²) in [6.45, 7) is 1.17. The maximum absolute atomic E-state index is 11.4. The molecule has 1 aromatic rings. The van der Waals surface area contributed by atoms with Crippen LogP contribution in [-0.2, 0) is 13.0 Å². The van der Waals surface area contributed by atoms with Crippen molar-refractivity contribution in [2.24, 2.45) is 0 Å². The Morgan fingerprint density at radius 2 is 2.21 bits per heavy atom. The third-order valence-corrected chi connectivity index (χ3v) is 2.40. The van der Waals surface area contributed by atoms with E-state index in [9.17, 15) is 9.59 Å². The maximum atomic E-state index is 11.4. The van der Waals surface area contributed by atoms with Gasteiger partial charge in [0.2, 0.25) is 0 Å². The van der Waals surface area contributed by atoms with Crippen LogP contribution >= 0.6 is 0 Å². The number of aromatic nitrogens is 1. The Morgan fingerprint density at radius 1 is 1.43 bits per heavy atom. The highest BCUT2D eigenvalue weighted by Crippen LogP contribution is 2.14. The van der Waals surface area contributed by atoms with Crippen LogP contribution in [0.15, 0.2) is 11.0 Å². The van der Waals surface area contributed by atoms with Crippen molar-refractivity contribution in [3.8, 4) is 0 Å². The van der Waals surface area contributed by atoms with Gasteiger partial charge < -0.3 is 15.4 Å². The first-order chi connectivity index (χ1) is 6.70. The van der Waals surface area contributed by atoms with E-state index in [1.54, 1.807) is 0 Å². The van der Waals surface area contributed by atoms with E-state index in [0.717, 1.165) is 6.54 Å². The lowest BCUT2D eigenvalue weighted by Gasteiger charge is -2.17. The number of H-pyrrole nitrogens is 1. The van der Waals surface area contributed by atoms with Crippen molar-refractivity contribution in [2.45, 2.75) is 13.0 Å². The normalized spacial score (nSPS) is 14.9. The standard InChI is InChI=1S/C9H10N2O3/c12-8-6-3-10-2-1-5(6)7(4-11-8)9(13)14/h4,10H,1-3H2,(H,11,12)(H,13,14). The molecule has 0 fully saturated rings. The Hall–Kier alpha value is -1.62. The largest absolute Gasteiger partial charge is 0.478 e.